The first-order valence-electron chi connectivity index (χ1n) is 7.16. The van der Waals surface area contributed by atoms with Crippen LogP contribution >= 0.6 is 11.5 Å². The van der Waals surface area contributed by atoms with Gasteiger partial charge in [0.05, 0.1) is 0 Å². The Morgan fingerprint density at radius 3 is 2.65 bits per heavy atom. The minimum atomic E-state index is 0.0415. The second-order valence-electron chi connectivity index (χ2n) is 5.12. The van der Waals surface area contributed by atoms with E-state index in [1.54, 1.807) is 0 Å². The monoisotopic (exact) mass is 297 g/mol. The van der Waals surface area contributed by atoms with Crippen LogP contribution in [0.3, 0.4) is 0 Å². The molecule has 1 aliphatic rings. The number of aryl methyl sites for hydroxylation is 1. The molecule has 1 atom stereocenters. The molecule has 0 saturated carbocycles. The first kappa shape index (κ1) is 15.2. The van der Waals surface area contributed by atoms with Gasteiger partial charge in [0, 0.05) is 56.6 Å². The van der Waals surface area contributed by atoms with E-state index >= 15 is 0 Å². The number of nitrogens with one attached hydrogen (secondary N) is 1. The molecule has 0 aliphatic carbocycles. The Morgan fingerprint density at radius 1 is 1.40 bits per heavy atom. The Balaban J connectivity index is 1.87. The largest absolute Gasteiger partial charge is 0.343 e. The molecule has 7 heteroatoms. The predicted octanol–water partition coefficient (Wildman–Crippen LogP) is 0.605. The van der Waals surface area contributed by atoms with Crippen molar-refractivity contribution in [3.8, 4) is 0 Å². The van der Waals surface area contributed by atoms with Crippen LogP contribution in [0.1, 0.15) is 19.7 Å². The normalized spacial score (nSPS) is 17.4. The number of hydrogen-bond donors (Lipinski definition) is 1. The van der Waals surface area contributed by atoms with Crippen molar-refractivity contribution in [1.29, 1.82) is 0 Å². The molecule has 0 spiro atoms. The van der Waals surface area contributed by atoms with Crippen LogP contribution in [-0.4, -0.2) is 59.9 Å². The molecule has 1 amide bonds. The molecule has 0 bridgehead atoms. The van der Waals surface area contributed by atoms with Crippen molar-refractivity contribution >= 4 is 22.6 Å². The molecule has 1 aliphatic heterocycles. The maximum atomic E-state index is 12.2. The molecule has 2 heterocycles. The molecule has 1 aromatic heterocycles. The number of amides is 1. The Hall–Kier alpha value is -1.21. The summed E-state index contributed by atoms with van der Waals surface area (Å²) in [5.74, 6) is 1.19. The molecule has 1 fully saturated rings. The van der Waals surface area contributed by atoms with Crippen molar-refractivity contribution in [2.75, 3.05) is 44.7 Å². The highest BCUT2D eigenvalue weighted by Crippen LogP contribution is 2.19. The van der Waals surface area contributed by atoms with Crippen molar-refractivity contribution in [1.82, 2.24) is 19.6 Å². The molecule has 2 rings (SSSR count). The Bertz CT molecular complexity index is 442. The average Bonchev–Trinajstić information content (AvgIpc) is 2.96. The molecule has 0 aromatic carbocycles. The SMILES string of the molecule is CCc1nsc(N2CCN(C(=O)C(C)CNC)CC2)n1. The van der Waals surface area contributed by atoms with Crippen molar-refractivity contribution in [3.05, 3.63) is 5.82 Å². The fourth-order valence-electron chi connectivity index (χ4n) is 2.34. The molecule has 1 unspecified atom stereocenters. The molecular weight excluding hydrogens is 274 g/mol. The van der Waals surface area contributed by atoms with Gasteiger partial charge >= 0.3 is 0 Å². The van der Waals surface area contributed by atoms with Crippen LogP contribution in [0.15, 0.2) is 0 Å². The number of anilines is 1. The Morgan fingerprint density at radius 2 is 2.10 bits per heavy atom. The number of rotatable bonds is 5. The molecule has 1 aromatic rings. The van der Waals surface area contributed by atoms with Crippen LogP contribution in [0, 0.1) is 5.92 Å². The number of carbonyl (C=O) groups excluding carboxylic acids is 1. The lowest BCUT2D eigenvalue weighted by Gasteiger charge is -2.35. The topological polar surface area (TPSA) is 61.4 Å². The summed E-state index contributed by atoms with van der Waals surface area (Å²) < 4.78 is 4.32. The highest BCUT2D eigenvalue weighted by molar-refractivity contribution is 7.09. The first-order chi connectivity index (χ1) is 9.65. The van der Waals surface area contributed by atoms with Gasteiger partial charge < -0.3 is 15.1 Å². The second kappa shape index (κ2) is 6.99. The third kappa shape index (κ3) is 3.46. The van der Waals surface area contributed by atoms with Gasteiger partial charge in [-0.2, -0.15) is 4.37 Å². The van der Waals surface area contributed by atoms with Crippen molar-refractivity contribution in [3.63, 3.8) is 0 Å². The molecule has 1 N–H and O–H groups in total. The zero-order valence-corrected chi connectivity index (χ0v) is 13.2. The van der Waals surface area contributed by atoms with E-state index in [2.05, 4.69) is 26.5 Å². The lowest BCUT2D eigenvalue weighted by atomic mass is 10.1. The highest BCUT2D eigenvalue weighted by Gasteiger charge is 2.25. The third-order valence-electron chi connectivity index (χ3n) is 3.57. The van der Waals surface area contributed by atoms with E-state index in [0.29, 0.717) is 0 Å². The molecule has 6 nitrogen and oxygen atoms in total. The van der Waals surface area contributed by atoms with Gasteiger partial charge in [0.1, 0.15) is 5.82 Å². The summed E-state index contributed by atoms with van der Waals surface area (Å²) in [6.07, 6.45) is 0.872. The quantitative estimate of drug-likeness (QED) is 0.862. The number of hydrogen-bond acceptors (Lipinski definition) is 6. The fourth-order valence-corrected chi connectivity index (χ4v) is 3.14. The summed E-state index contributed by atoms with van der Waals surface area (Å²) in [5.41, 5.74) is 0. The van der Waals surface area contributed by atoms with E-state index in [0.717, 1.165) is 50.1 Å². The van der Waals surface area contributed by atoms with Gasteiger partial charge in [-0.15, -0.1) is 0 Å². The Labute approximate surface area is 124 Å². The molecular formula is C13H23N5OS. The average molecular weight is 297 g/mol. The standard InChI is InChI=1S/C13H23N5OS/c1-4-11-15-13(20-16-11)18-7-5-17(6-8-18)12(19)10(2)9-14-3/h10,14H,4-9H2,1-3H3. The highest BCUT2D eigenvalue weighted by atomic mass is 32.1. The van der Waals surface area contributed by atoms with E-state index in [-0.39, 0.29) is 11.8 Å². The predicted molar refractivity (Wildman–Crippen MR) is 81.2 cm³/mol. The summed E-state index contributed by atoms with van der Waals surface area (Å²) >= 11 is 1.46. The minimum Gasteiger partial charge on any atom is -0.343 e. The Kier molecular flexibility index (Phi) is 5.31. The lowest BCUT2D eigenvalue weighted by molar-refractivity contribution is -0.135. The number of nitrogens with zero attached hydrogens (tertiary/aromatic N) is 4. The summed E-state index contributed by atoms with van der Waals surface area (Å²) in [6.45, 7) is 8.00. The molecule has 1 saturated heterocycles. The molecule has 20 heavy (non-hydrogen) atoms. The number of carbonyl (C=O) groups is 1. The van der Waals surface area contributed by atoms with Crippen molar-refractivity contribution < 1.29 is 4.79 Å². The van der Waals surface area contributed by atoms with E-state index in [9.17, 15) is 4.79 Å². The second-order valence-corrected chi connectivity index (χ2v) is 5.85. The van der Waals surface area contributed by atoms with Gasteiger partial charge in [0.15, 0.2) is 0 Å². The maximum absolute atomic E-state index is 12.2. The van der Waals surface area contributed by atoms with Crippen LogP contribution in [-0.2, 0) is 11.2 Å². The van der Waals surface area contributed by atoms with Gasteiger partial charge in [-0.05, 0) is 7.05 Å². The van der Waals surface area contributed by atoms with Gasteiger partial charge in [-0.1, -0.05) is 13.8 Å². The van der Waals surface area contributed by atoms with Crippen molar-refractivity contribution in [2.24, 2.45) is 5.92 Å². The fraction of sp³-hybridized carbons (Fsp3) is 0.769. The van der Waals surface area contributed by atoms with Crippen molar-refractivity contribution in [2.45, 2.75) is 20.3 Å². The van der Waals surface area contributed by atoms with Gasteiger partial charge in [0.25, 0.3) is 0 Å². The van der Waals surface area contributed by atoms with Gasteiger partial charge in [-0.25, -0.2) is 4.98 Å². The minimum absolute atomic E-state index is 0.0415. The summed E-state index contributed by atoms with van der Waals surface area (Å²) in [7, 11) is 1.88. The van der Waals surface area contributed by atoms with E-state index in [1.807, 2.05) is 18.9 Å². The van der Waals surface area contributed by atoms with E-state index < -0.39 is 0 Å². The van der Waals surface area contributed by atoms with Crippen LogP contribution in [0.2, 0.25) is 0 Å². The zero-order valence-electron chi connectivity index (χ0n) is 12.4. The van der Waals surface area contributed by atoms with Crippen LogP contribution in [0.4, 0.5) is 5.13 Å². The molecule has 0 radical (unpaired) electrons. The van der Waals surface area contributed by atoms with E-state index in [4.69, 9.17) is 0 Å². The maximum Gasteiger partial charge on any atom is 0.226 e. The van der Waals surface area contributed by atoms with Crippen LogP contribution in [0.5, 0.6) is 0 Å². The van der Waals surface area contributed by atoms with Crippen LogP contribution < -0.4 is 10.2 Å². The number of piperazine rings is 1. The van der Waals surface area contributed by atoms with Gasteiger partial charge in [0.2, 0.25) is 11.0 Å². The van der Waals surface area contributed by atoms with E-state index in [1.165, 1.54) is 11.5 Å². The summed E-state index contributed by atoms with van der Waals surface area (Å²) in [4.78, 5) is 20.9. The van der Waals surface area contributed by atoms with Crippen LogP contribution in [0.25, 0.3) is 0 Å². The van der Waals surface area contributed by atoms with Gasteiger partial charge in [-0.3, -0.25) is 4.79 Å². The lowest BCUT2D eigenvalue weighted by Crippen LogP contribution is -2.51. The first-order valence-corrected chi connectivity index (χ1v) is 7.94. The summed E-state index contributed by atoms with van der Waals surface area (Å²) in [6, 6.07) is 0. The third-order valence-corrected chi connectivity index (χ3v) is 4.38. The zero-order chi connectivity index (χ0) is 14.5. The number of aromatic nitrogens is 2. The molecule has 112 valence electrons. The summed E-state index contributed by atoms with van der Waals surface area (Å²) in [5, 5.41) is 4.04. The smallest absolute Gasteiger partial charge is 0.226 e.